The van der Waals surface area contributed by atoms with Crippen molar-refractivity contribution >= 4 is 17.7 Å². The summed E-state index contributed by atoms with van der Waals surface area (Å²) in [6.45, 7) is 2.03. The van der Waals surface area contributed by atoms with Gasteiger partial charge in [-0.3, -0.25) is 19.9 Å². The van der Waals surface area contributed by atoms with Crippen LogP contribution in [0.5, 0.6) is 0 Å². The maximum Gasteiger partial charge on any atom is 0.258 e. The van der Waals surface area contributed by atoms with Crippen LogP contribution in [0, 0.1) is 0 Å². The molecule has 7 heteroatoms. The van der Waals surface area contributed by atoms with Gasteiger partial charge in [-0.05, 0) is 36.2 Å². The summed E-state index contributed by atoms with van der Waals surface area (Å²) in [6.07, 6.45) is 2.44. The second kappa shape index (κ2) is 6.96. The molecule has 0 radical (unpaired) electrons. The number of nitrogens with one attached hydrogen (secondary N) is 1. The summed E-state index contributed by atoms with van der Waals surface area (Å²) in [4.78, 5) is 28.3. The molecule has 0 bridgehead atoms. The van der Waals surface area contributed by atoms with E-state index >= 15 is 0 Å². The number of nitrogens with zero attached hydrogens (tertiary/aromatic N) is 2. The summed E-state index contributed by atoms with van der Waals surface area (Å²) in [6, 6.07) is 12.3. The molecule has 7 nitrogen and oxygen atoms in total. The van der Waals surface area contributed by atoms with Gasteiger partial charge < -0.3 is 10.3 Å². The molecule has 0 unspecified atom stereocenters. The van der Waals surface area contributed by atoms with Gasteiger partial charge in [0.15, 0.2) is 0 Å². The zero-order valence-electron chi connectivity index (χ0n) is 13.5. The maximum absolute atomic E-state index is 12.4. The van der Waals surface area contributed by atoms with Crippen LogP contribution in [-0.4, -0.2) is 22.0 Å². The Bertz CT molecular complexity index is 902. The van der Waals surface area contributed by atoms with E-state index in [1.54, 1.807) is 36.5 Å². The highest BCUT2D eigenvalue weighted by atomic mass is 16.5. The first kappa shape index (κ1) is 16.4. The highest BCUT2D eigenvalue weighted by Gasteiger charge is 2.24. The molecule has 126 valence electrons. The van der Waals surface area contributed by atoms with Crippen molar-refractivity contribution in [3.8, 4) is 11.4 Å². The number of anilines is 1. The highest BCUT2D eigenvalue weighted by molar-refractivity contribution is 6.09. The zero-order valence-corrected chi connectivity index (χ0v) is 13.5. The average molecular weight is 336 g/mol. The van der Waals surface area contributed by atoms with E-state index in [1.165, 1.54) is 0 Å². The second-order valence-corrected chi connectivity index (χ2v) is 5.32. The molecule has 0 aliphatic carbocycles. The molecule has 0 aliphatic heterocycles. The number of nitrogens with two attached hydrogens (primary N) is 1. The highest BCUT2D eigenvalue weighted by Crippen LogP contribution is 2.27. The summed E-state index contributed by atoms with van der Waals surface area (Å²) in [5.41, 5.74) is 7.57. The van der Waals surface area contributed by atoms with Crippen molar-refractivity contribution in [3.63, 3.8) is 0 Å². The fourth-order valence-corrected chi connectivity index (χ4v) is 2.35. The molecule has 0 saturated carbocycles. The Kier molecular flexibility index (Phi) is 4.56. The Hall–Kier alpha value is -3.48. The van der Waals surface area contributed by atoms with Crippen molar-refractivity contribution in [1.82, 2.24) is 10.1 Å². The largest absolute Gasteiger partial charge is 0.365 e. The van der Waals surface area contributed by atoms with Gasteiger partial charge in [-0.15, -0.1) is 0 Å². The zero-order chi connectivity index (χ0) is 17.8. The van der Waals surface area contributed by atoms with Crippen molar-refractivity contribution < 1.29 is 14.1 Å². The molecule has 2 aromatic heterocycles. The SMILES string of the molecule is CCc1ccc(C(=O)Nc2onc(-c3ccccn3)c2C(N)=O)cc1. The minimum absolute atomic E-state index is 0.0165. The first-order valence-electron chi connectivity index (χ1n) is 7.71. The Morgan fingerprint density at radius 2 is 1.92 bits per heavy atom. The van der Waals surface area contributed by atoms with Gasteiger partial charge in [-0.25, -0.2) is 0 Å². The molecule has 3 aromatic rings. The summed E-state index contributed by atoms with van der Waals surface area (Å²) >= 11 is 0. The third-order valence-corrected chi connectivity index (χ3v) is 3.70. The number of hydrogen-bond acceptors (Lipinski definition) is 5. The van der Waals surface area contributed by atoms with E-state index in [-0.39, 0.29) is 17.1 Å². The number of primary amides is 1. The van der Waals surface area contributed by atoms with Crippen molar-refractivity contribution in [3.05, 3.63) is 65.4 Å². The van der Waals surface area contributed by atoms with Crippen LogP contribution in [0.4, 0.5) is 5.88 Å². The van der Waals surface area contributed by atoms with Gasteiger partial charge in [-0.2, -0.15) is 0 Å². The molecule has 25 heavy (non-hydrogen) atoms. The van der Waals surface area contributed by atoms with Gasteiger partial charge in [0.1, 0.15) is 11.3 Å². The molecule has 2 heterocycles. The van der Waals surface area contributed by atoms with Crippen molar-refractivity contribution in [1.29, 1.82) is 0 Å². The number of amides is 2. The maximum atomic E-state index is 12.4. The molecular formula is C18H16N4O3. The van der Waals surface area contributed by atoms with E-state index < -0.39 is 11.8 Å². The van der Waals surface area contributed by atoms with Crippen LogP contribution in [0.1, 0.15) is 33.2 Å². The molecule has 0 saturated heterocycles. The monoisotopic (exact) mass is 336 g/mol. The van der Waals surface area contributed by atoms with Crippen molar-refractivity contribution in [2.75, 3.05) is 5.32 Å². The summed E-state index contributed by atoms with van der Waals surface area (Å²) in [7, 11) is 0. The van der Waals surface area contributed by atoms with Crippen LogP contribution in [0.2, 0.25) is 0 Å². The van der Waals surface area contributed by atoms with Crippen LogP contribution < -0.4 is 11.1 Å². The number of aryl methyl sites for hydroxylation is 1. The van der Waals surface area contributed by atoms with Gasteiger partial charge in [0, 0.05) is 11.8 Å². The number of hydrogen-bond donors (Lipinski definition) is 2. The molecule has 3 N–H and O–H groups in total. The van der Waals surface area contributed by atoms with E-state index in [0.29, 0.717) is 11.3 Å². The van der Waals surface area contributed by atoms with E-state index in [9.17, 15) is 9.59 Å². The summed E-state index contributed by atoms with van der Waals surface area (Å²) in [5.74, 6) is -1.29. The van der Waals surface area contributed by atoms with Crippen molar-refractivity contribution in [2.45, 2.75) is 13.3 Å². The fourth-order valence-electron chi connectivity index (χ4n) is 2.35. The lowest BCUT2D eigenvalue weighted by Crippen LogP contribution is -2.17. The average Bonchev–Trinajstić information content (AvgIpc) is 3.06. The van der Waals surface area contributed by atoms with Crippen LogP contribution in [0.15, 0.2) is 53.2 Å². The van der Waals surface area contributed by atoms with Gasteiger partial charge in [0.05, 0.1) is 5.69 Å². The van der Waals surface area contributed by atoms with E-state index in [1.807, 2.05) is 19.1 Å². The van der Waals surface area contributed by atoms with Crippen LogP contribution in [0.25, 0.3) is 11.4 Å². The Balaban J connectivity index is 1.91. The Labute approximate surface area is 143 Å². The Morgan fingerprint density at radius 3 is 2.52 bits per heavy atom. The minimum Gasteiger partial charge on any atom is -0.365 e. The molecule has 0 aliphatic rings. The normalized spacial score (nSPS) is 10.4. The summed E-state index contributed by atoms with van der Waals surface area (Å²) in [5, 5.41) is 6.37. The van der Waals surface area contributed by atoms with Gasteiger partial charge in [-0.1, -0.05) is 30.3 Å². The van der Waals surface area contributed by atoms with Gasteiger partial charge >= 0.3 is 0 Å². The minimum atomic E-state index is -0.765. The number of benzene rings is 1. The first-order chi connectivity index (χ1) is 12.1. The van der Waals surface area contributed by atoms with E-state index in [0.717, 1.165) is 12.0 Å². The smallest absolute Gasteiger partial charge is 0.258 e. The lowest BCUT2D eigenvalue weighted by Gasteiger charge is -2.04. The standard InChI is InChI=1S/C18H16N4O3/c1-2-11-6-8-12(9-7-11)17(24)21-18-14(16(19)23)15(22-25-18)13-5-3-4-10-20-13/h3-10H,2H2,1H3,(H2,19,23)(H,21,24). The van der Waals surface area contributed by atoms with Crippen molar-refractivity contribution in [2.24, 2.45) is 5.73 Å². The second-order valence-electron chi connectivity index (χ2n) is 5.32. The van der Waals surface area contributed by atoms with Crippen LogP contribution in [-0.2, 0) is 6.42 Å². The number of carbonyl (C=O) groups excluding carboxylic acids is 2. The summed E-state index contributed by atoms with van der Waals surface area (Å²) < 4.78 is 5.13. The fraction of sp³-hybridized carbons (Fsp3) is 0.111. The van der Waals surface area contributed by atoms with Crippen LogP contribution >= 0.6 is 0 Å². The van der Waals surface area contributed by atoms with Crippen LogP contribution in [0.3, 0.4) is 0 Å². The molecule has 1 aromatic carbocycles. The molecule has 0 spiro atoms. The van der Waals surface area contributed by atoms with Gasteiger partial charge in [0.2, 0.25) is 5.88 Å². The third kappa shape index (κ3) is 3.40. The molecule has 3 rings (SSSR count). The third-order valence-electron chi connectivity index (χ3n) is 3.70. The lowest BCUT2D eigenvalue weighted by atomic mass is 10.1. The molecule has 0 fully saturated rings. The molecular weight excluding hydrogens is 320 g/mol. The predicted molar refractivity (Wildman–Crippen MR) is 92.0 cm³/mol. The first-order valence-corrected chi connectivity index (χ1v) is 7.71. The number of pyridine rings is 1. The van der Waals surface area contributed by atoms with E-state index in [2.05, 4.69) is 15.5 Å². The lowest BCUT2D eigenvalue weighted by molar-refractivity contribution is 0.100. The predicted octanol–water partition coefficient (Wildman–Crippen LogP) is 2.65. The number of rotatable bonds is 5. The topological polar surface area (TPSA) is 111 Å². The van der Waals surface area contributed by atoms with Gasteiger partial charge in [0.25, 0.3) is 11.8 Å². The Morgan fingerprint density at radius 1 is 1.16 bits per heavy atom. The number of carbonyl (C=O) groups is 2. The molecule has 0 atom stereocenters. The quantitative estimate of drug-likeness (QED) is 0.744. The number of aromatic nitrogens is 2. The molecule has 2 amide bonds. The van der Waals surface area contributed by atoms with E-state index in [4.69, 9.17) is 10.3 Å².